The molecule has 0 aliphatic carbocycles. The molecule has 0 aromatic heterocycles. The second-order valence-electron chi connectivity index (χ2n) is 5.16. The zero-order valence-corrected chi connectivity index (χ0v) is 12.2. The van der Waals surface area contributed by atoms with Gasteiger partial charge >= 0.3 is 0 Å². The second kappa shape index (κ2) is 8.12. The average Bonchev–Trinajstić information content (AvgIpc) is 2.90. The Balaban J connectivity index is 2.29. The highest BCUT2D eigenvalue weighted by atomic mass is 16.2. The maximum Gasteiger partial charge on any atom is 0.239 e. The Kier molecular flexibility index (Phi) is 6.80. The van der Waals surface area contributed by atoms with Crippen molar-refractivity contribution in [2.24, 2.45) is 0 Å². The molecule has 1 atom stereocenters. The van der Waals surface area contributed by atoms with Crippen molar-refractivity contribution in [3.63, 3.8) is 0 Å². The lowest BCUT2D eigenvalue weighted by Gasteiger charge is -2.25. The number of nitrogens with one attached hydrogen (secondary N) is 2. The SMILES string of the molecule is CCCNC(=O)CN(C)C(=O)CN(C)C1CCNC1. The minimum Gasteiger partial charge on any atom is -0.355 e. The quantitative estimate of drug-likeness (QED) is 0.640. The Morgan fingerprint density at radius 2 is 2.05 bits per heavy atom. The van der Waals surface area contributed by atoms with Crippen LogP contribution >= 0.6 is 0 Å². The van der Waals surface area contributed by atoms with Gasteiger partial charge in [-0.1, -0.05) is 6.92 Å². The summed E-state index contributed by atoms with van der Waals surface area (Å²) < 4.78 is 0. The zero-order valence-electron chi connectivity index (χ0n) is 12.2. The van der Waals surface area contributed by atoms with Gasteiger partial charge in [0.2, 0.25) is 11.8 Å². The summed E-state index contributed by atoms with van der Waals surface area (Å²) in [5.41, 5.74) is 0. The van der Waals surface area contributed by atoms with Crippen molar-refractivity contribution in [3.8, 4) is 0 Å². The van der Waals surface area contributed by atoms with Crippen LogP contribution in [0.15, 0.2) is 0 Å². The molecule has 1 fully saturated rings. The molecule has 2 amide bonds. The number of carbonyl (C=O) groups excluding carboxylic acids is 2. The molecule has 2 N–H and O–H groups in total. The third-order valence-corrected chi connectivity index (χ3v) is 3.42. The number of hydrogen-bond acceptors (Lipinski definition) is 4. The van der Waals surface area contributed by atoms with E-state index in [-0.39, 0.29) is 18.4 Å². The predicted octanol–water partition coefficient (Wildman–Crippen LogP) is -0.735. The maximum absolute atomic E-state index is 12.0. The van der Waals surface area contributed by atoms with Crippen LogP contribution in [0.4, 0.5) is 0 Å². The summed E-state index contributed by atoms with van der Waals surface area (Å²) in [6.45, 7) is 5.11. The molecule has 0 aromatic carbocycles. The van der Waals surface area contributed by atoms with Gasteiger partial charge in [0.1, 0.15) is 0 Å². The first-order chi connectivity index (χ1) is 9.04. The van der Waals surface area contributed by atoms with Gasteiger partial charge < -0.3 is 15.5 Å². The van der Waals surface area contributed by atoms with Gasteiger partial charge in [0.25, 0.3) is 0 Å². The van der Waals surface area contributed by atoms with Crippen LogP contribution in [0.2, 0.25) is 0 Å². The zero-order chi connectivity index (χ0) is 14.3. The smallest absolute Gasteiger partial charge is 0.239 e. The van der Waals surface area contributed by atoms with E-state index in [9.17, 15) is 9.59 Å². The number of likely N-dealkylation sites (N-methyl/N-ethyl adjacent to an activating group) is 2. The molecule has 0 spiro atoms. The summed E-state index contributed by atoms with van der Waals surface area (Å²) in [6.07, 6.45) is 1.98. The summed E-state index contributed by atoms with van der Waals surface area (Å²) in [6, 6.07) is 0.422. The lowest BCUT2D eigenvalue weighted by Crippen LogP contribution is -2.45. The first-order valence-electron chi connectivity index (χ1n) is 6.96. The Hall–Kier alpha value is -1.14. The molecule has 0 aromatic rings. The molecule has 1 aliphatic rings. The topological polar surface area (TPSA) is 64.7 Å². The van der Waals surface area contributed by atoms with Gasteiger partial charge in [-0.3, -0.25) is 14.5 Å². The van der Waals surface area contributed by atoms with Crippen molar-refractivity contribution >= 4 is 11.8 Å². The van der Waals surface area contributed by atoms with Crippen LogP contribution in [0.3, 0.4) is 0 Å². The van der Waals surface area contributed by atoms with Crippen molar-refractivity contribution in [3.05, 3.63) is 0 Å². The monoisotopic (exact) mass is 270 g/mol. The molecule has 6 nitrogen and oxygen atoms in total. The van der Waals surface area contributed by atoms with Gasteiger partial charge in [0.15, 0.2) is 0 Å². The van der Waals surface area contributed by atoms with E-state index < -0.39 is 0 Å². The summed E-state index contributed by atoms with van der Waals surface area (Å²) in [7, 11) is 3.63. The first-order valence-corrected chi connectivity index (χ1v) is 6.96. The fourth-order valence-electron chi connectivity index (χ4n) is 2.10. The van der Waals surface area contributed by atoms with Crippen molar-refractivity contribution in [2.75, 3.05) is 46.8 Å². The van der Waals surface area contributed by atoms with Crippen molar-refractivity contribution in [2.45, 2.75) is 25.8 Å². The molecular weight excluding hydrogens is 244 g/mol. The third-order valence-electron chi connectivity index (χ3n) is 3.42. The van der Waals surface area contributed by atoms with Gasteiger partial charge in [0.05, 0.1) is 13.1 Å². The van der Waals surface area contributed by atoms with E-state index in [4.69, 9.17) is 0 Å². The largest absolute Gasteiger partial charge is 0.355 e. The van der Waals surface area contributed by atoms with E-state index in [1.807, 2.05) is 14.0 Å². The Morgan fingerprint density at radius 3 is 2.63 bits per heavy atom. The molecule has 19 heavy (non-hydrogen) atoms. The predicted molar refractivity (Wildman–Crippen MR) is 74.8 cm³/mol. The van der Waals surface area contributed by atoms with Crippen molar-refractivity contribution in [1.29, 1.82) is 0 Å². The molecule has 0 radical (unpaired) electrons. The van der Waals surface area contributed by atoms with Gasteiger partial charge in [0, 0.05) is 26.2 Å². The van der Waals surface area contributed by atoms with Crippen LogP contribution in [0, 0.1) is 0 Å². The summed E-state index contributed by atoms with van der Waals surface area (Å²) in [5.74, 6) is -0.107. The Labute approximate surface area is 115 Å². The minimum absolute atomic E-state index is 0.0129. The van der Waals surface area contributed by atoms with Crippen LogP contribution in [-0.4, -0.2) is 74.5 Å². The number of rotatable bonds is 7. The number of amides is 2. The van der Waals surface area contributed by atoms with E-state index in [1.54, 1.807) is 7.05 Å². The molecule has 1 unspecified atom stereocenters. The maximum atomic E-state index is 12.0. The van der Waals surface area contributed by atoms with E-state index in [0.29, 0.717) is 19.1 Å². The van der Waals surface area contributed by atoms with E-state index in [2.05, 4.69) is 15.5 Å². The fourth-order valence-corrected chi connectivity index (χ4v) is 2.10. The number of carbonyl (C=O) groups is 2. The normalized spacial score (nSPS) is 18.6. The van der Waals surface area contributed by atoms with Gasteiger partial charge in [-0.2, -0.15) is 0 Å². The van der Waals surface area contributed by atoms with Crippen molar-refractivity contribution < 1.29 is 9.59 Å². The number of hydrogen-bond donors (Lipinski definition) is 2. The van der Waals surface area contributed by atoms with E-state index in [0.717, 1.165) is 25.9 Å². The Morgan fingerprint density at radius 1 is 1.32 bits per heavy atom. The van der Waals surface area contributed by atoms with E-state index in [1.165, 1.54) is 4.90 Å². The van der Waals surface area contributed by atoms with E-state index >= 15 is 0 Å². The highest BCUT2D eigenvalue weighted by Gasteiger charge is 2.22. The Bertz CT molecular complexity index is 303. The molecule has 0 bridgehead atoms. The highest BCUT2D eigenvalue weighted by molar-refractivity contribution is 5.85. The van der Waals surface area contributed by atoms with Crippen LogP contribution in [0.1, 0.15) is 19.8 Å². The lowest BCUT2D eigenvalue weighted by molar-refractivity contribution is -0.135. The molecule has 1 rings (SSSR count). The van der Waals surface area contributed by atoms with Crippen molar-refractivity contribution in [1.82, 2.24) is 20.4 Å². The second-order valence-corrected chi connectivity index (χ2v) is 5.16. The fraction of sp³-hybridized carbons (Fsp3) is 0.846. The lowest BCUT2D eigenvalue weighted by atomic mass is 10.2. The molecule has 110 valence electrons. The third kappa shape index (κ3) is 5.57. The van der Waals surface area contributed by atoms with Gasteiger partial charge in [-0.15, -0.1) is 0 Å². The molecule has 1 aliphatic heterocycles. The van der Waals surface area contributed by atoms with Gasteiger partial charge in [-0.25, -0.2) is 0 Å². The molecule has 1 saturated heterocycles. The summed E-state index contributed by atoms with van der Waals surface area (Å²) in [4.78, 5) is 27.1. The highest BCUT2D eigenvalue weighted by Crippen LogP contribution is 2.05. The molecular formula is C13H26N4O2. The van der Waals surface area contributed by atoms with Gasteiger partial charge in [-0.05, 0) is 26.4 Å². The first kappa shape index (κ1) is 15.9. The van der Waals surface area contributed by atoms with Crippen LogP contribution in [0.5, 0.6) is 0 Å². The minimum atomic E-state index is -0.0945. The summed E-state index contributed by atoms with van der Waals surface area (Å²) >= 11 is 0. The standard InChI is InChI=1S/C13H26N4O2/c1-4-6-15-12(18)9-17(3)13(19)10-16(2)11-5-7-14-8-11/h11,14H,4-10H2,1-3H3,(H,15,18). The van der Waals surface area contributed by atoms with Crippen LogP contribution in [0.25, 0.3) is 0 Å². The average molecular weight is 270 g/mol. The summed E-state index contributed by atoms with van der Waals surface area (Å²) in [5, 5.41) is 6.05. The van der Waals surface area contributed by atoms with Crippen LogP contribution < -0.4 is 10.6 Å². The molecule has 0 saturated carbocycles. The number of nitrogens with zero attached hydrogens (tertiary/aromatic N) is 2. The molecule has 6 heteroatoms. The van der Waals surface area contributed by atoms with Crippen LogP contribution in [-0.2, 0) is 9.59 Å². The molecule has 1 heterocycles.